The molecule has 238 valence electrons. The summed E-state index contributed by atoms with van der Waals surface area (Å²) in [5.41, 5.74) is 8.56. The molecule has 0 aliphatic rings. The first-order valence-corrected chi connectivity index (χ1v) is 17.5. The molecule has 0 unspecified atom stereocenters. The highest BCUT2D eigenvalue weighted by molar-refractivity contribution is 7.85. The van der Waals surface area contributed by atoms with Gasteiger partial charge in [-0.15, -0.1) is 0 Å². The van der Waals surface area contributed by atoms with Gasteiger partial charge in [-0.2, -0.15) is 8.42 Å². The molecule has 6 nitrogen and oxygen atoms in total. The van der Waals surface area contributed by atoms with E-state index in [-0.39, 0.29) is 5.92 Å². The van der Waals surface area contributed by atoms with Gasteiger partial charge in [-0.05, 0) is 90.5 Å². The summed E-state index contributed by atoms with van der Waals surface area (Å²) in [5, 5.41) is 4.80. The van der Waals surface area contributed by atoms with E-state index in [1.54, 1.807) is 0 Å². The summed E-state index contributed by atoms with van der Waals surface area (Å²) in [6.07, 6.45) is 0. The Kier molecular flexibility index (Phi) is 9.57. The Hall–Kier alpha value is -5.11. The van der Waals surface area contributed by atoms with Gasteiger partial charge in [-0.3, -0.25) is 4.55 Å². The van der Waals surface area contributed by atoms with E-state index in [2.05, 4.69) is 138 Å². The summed E-state index contributed by atoms with van der Waals surface area (Å²) >= 11 is 0. The van der Waals surface area contributed by atoms with Crippen molar-refractivity contribution in [1.82, 2.24) is 0 Å². The normalized spacial score (nSPS) is 11.5. The van der Waals surface area contributed by atoms with Crippen molar-refractivity contribution in [1.29, 1.82) is 0 Å². The minimum atomic E-state index is -4.19. The first-order valence-electron chi connectivity index (χ1n) is 15.9. The number of anilines is 5. The predicted octanol–water partition coefficient (Wildman–Crippen LogP) is 9.59. The molecule has 0 aliphatic carbocycles. The third kappa shape index (κ3) is 7.17. The number of benzene rings is 6. The number of fused-ring (bicyclic) bond motifs is 1. The van der Waals surface area contributed by atoms with Crippen molar-refractivity contribution >= 4 is 49.3 Å². The Bertz CT molecular complexity index is 1940. The molecule has 0 amide bonds. The number of hydrogen-bond donors (Lipinski definition) is 2. The second-order valence-corrected chi connectivity index (χ2v) is 12.9. The van der Waals surface area contributed by atoms with Crippen LogP contribution >= 0.6 is 0 Å². The molecule has 6 aromatic rings. The van der Waals surface area contributed by atoms with Gasteiger partial charge in [0.05, 0.1) is 0 Å². The number of hydrogen-bond acceptors (Lipinski definition) is 5. The van der Waals surface area contributed by atoms with Crippen LogP contribution in [0.5, 0.6) is 0 Å². The molecular weight excluding hydrogens is 603 g/mol. The molecule has 6 aromatic carbocycles. The van der Waals surface area contributed by atoms with Gasteiger partial charge in [0.15, 0.2) is 0 Å². The molecule has 0 saturated heterocycles. The van der Waals surface area contributed by atoms with Gasteiger partial charge in [-0.25, -0.2) is 0 Å². The summed E-state index contributed by atoms with van der Waals surface area (Å²) in [5.74, 6) is -0.662. The lowest BCUT2D eigenvalue weighted by Crippen LogP contribution is -2.16. The van der Waals surface area contributed by atoms with Crippen molar-refractivity contribution in [3.8, 4) is 0 Å². The van der Waals surface area contributed by atoms with Gasteiger partial charge >= 0.3 is 0 Å². The van der Waals surface area contributed by atoms with Crippen LogP contribution in [0.4, 0.5) is 28.4 Å². The lowest BCUT2D eigenvalue weighted by atomic mass is 9.82. The van der Waals surface area contributed by atoms with Crippen molar-refractivity contribution in [3.05, 3.63) is 162 Å². The van der Waals surface area contributed by atoms with E-state index < -0.39 is 16.0 Å². The zero-order valence-electron chi connectivity index (χ0n) is 26.6. The molecule has 0 aromatic heterocycles. The fourth-order valence-electron chi connectivity index (χ4n) is 6.39. The minimum Gasteiger partial charge on any atom is -0.369 e. The maximum absolute atomic E-state index is 11.5. The summed E-state index contributed by atoms with van der Waals surface area (Å²) in [6.45, 7) is 5.99. The molecule has 2 N–H and O–H groups in total. The Morgan fingerprint density at radius 3 is 1.43 bits per heavy atom. The zero-order chi connectivity index (χ0) is 32.8. The van der Waals surface area contributed by atoms with Gasteiger partial charge in [0, 0.05) is 52.8 Å². The highest BCUT2D eigenvalue weighted by Crippen LogP contribution is 2.40. The predicted molar refractivity (Wildman–Crippen MR) is 196 cm³/mol. The first-order chi connectivity index (χ1) is 22.9. The molecule has 0 radical (unpaired) electrons. The Balaban J connectivity index is 1.45. The van der Waals surface area contributed by atoms with Crippen LogP contribution < -0.4 is 15.1 Å². The molecule has 0 spiro atoms. The van der Waals surface area contributed by atoms with Crippen molar-refractivity contribution in [2.75, 3.05) is 34.1 Å². The van der Waals surface area contributed by atoms with Crippen LogP contribution in [0, 0.1) is 0 Å². The van der Waals surface area contributed by atoms with Gasteiger partial charge in [0.25, 0.3) is 10.1 Å². The minimum absolute atomic E-state index is 0.0998. The highest BCUT2D eigenvalue weighted by Gasteiger charge is 2.22. The topological polar surface area (TPSA) is 72.9 Å². The molecule has 0 saturated carbocycles. The Morgan fingerprint density at radius 1 is 0.553 bits per heavy atom. The van der Waals surface area contributed by atoms with Crippen LogP contribution in [0.2, 0.25) is 0 Å². The van der Waals surface area contributed by atoms with Gasteiger partial charge < -0.3 is 15.1 Å². The number of rotatable bonds is 12. The zero-order valence-corrected chi connectivity index (χ0v) is 27.4. The third-order valence-corrected chi connectivity index (χ3v) is 9.07. The second kappa shape index (κ2) is 14.1. The van der Waals surface area contributed by atoms with Crippen molar-refractivity contribution < 1.29 is 13.0 Å². The van der Waals surface area contributed by atoms with E-state index in [1.807, 2.05) is 36.4 Å². The lowest BCUT2D eigenvalue weighted by Gasteiger charge is -2.27. The smallest absolute Gasteiger partial charge is 0.283 e. The molecule has 6 rings (SSSR count). The Labute approximate surface area is 277 Å². The molecule has 0 bridgehead atoms. The van der Waals surface area contributed by atoms with E-state index in [1.165, 1.54) is 0 Å². The molecule has 0 heterocycles. The highest BCUT2D eigenvalue weighted by atomic mass is 32.2. The van der Waals surface area contributed by atoms with Crippen LogP contribution in [0.15, 0.2) is 146 Å². The maximum Gasteiger partial charge on any atom is 0.283 e. The van der Waals surface area contributed by atoms with Crippen molar-refractivity contribution in [2.45, 2.75) is 19.8 Å². The third-order valence-electron chi connectivity index (χ3n) is 8.56. The van der Waals surface area contributed by atoms with Gasteiger partial charge in [0.2, 0.25) is 0 Å². The summed E-state index contributed by atoms with van der Waals surface area (Å²) in [7, 11) is -4.19. The van der Waals surface area contributed by atoms with Crippen molar-refractivity contribution in [3.63, 3.8) is 0 Å². The van der Waals surface area contributed by atoms with E-state index in [9.17, 15) is 13.0 Å². The quantitative estimate of drug-likeness (QED) is 0.102. The van der Waals surface area contributed by atoms with Crippen LogP contribution in [0.1, 0.15) is 36.5 Å². The average molecular weight is 642 g/mol. The van der Waals surface area contributed by atoms with Crippen LogP contribution in [0.25, 0.3) is 10.8 Å². The molecule has 0 fully saturated rings. The van der Waals surface area contributed by atoms with Gasteiger partial charge in [0.1, 0.15) is 5.88 Å². The largest absolute Gasteiger partial charge is 0.369 e. The van der Waals surface area contributed by atoms with Crippen LogP contribution in [-0.2, 0) is 10.1 Å². The average Bonchev–Trinajstić information content (AvgIpc) is 3.10. The van der Waals surface area contributed by atoms with Crippen molar-refractivity contribution in [2.24, 2.45) is 0 Å². The van der Waals surface area contributed by atoms with E-state index in [0.717, 1.165) is 63.3 Å². The maximum atomic E-state index is 11.5. The Morgan fingerprint density at radius 2 is 0.979 bits per heavy atom. The number of nitrogens with one attached hydrogen (secondary N) is 1. The van der Waals surface area contributed by atoms with Crippen LogP contribution in [0.3, 0.4) is 0 Å². The first kappa shape index (κ1) is 31.9. The fourth-order valence-corrected chi connectivity index (χ4v) is 6.72. The van der Waals surface area contributed by atoms with E-state index in [4.69, 9.17) is 0 Å². The fraction of sp³-hybridized carbons (Fsp3) is 0.150. The summed E-state index contributed by atoms with van der Waals surface area (Å²) < 4.78 is 32.5. The monoisotopic (exact) mass is 641 g/mol. The van der Waals surface area contributed by atoms with Gasteiger partial charge in [-0.1, -0.05) is 91.0 Å². The standard InChI is InChI=1S/C40H39N3O3S/c1-3-42(32-13-7-5-8-14-32)34-23-19-30(20-24-34)40(31-21-25-35(26-22-31)43(4-2)33-15-9-6-10-16-33)38-27-28-39(41-29-47(44,45)46)37-18-12-11-17-36(37)38/h5-28,40-41H,3-4,29H2,1-2H3,(H,44,45,46). The lowest BCUT2D eigenvalue weighted by molar-refractivity contribution is 0.485. The molecular formula is C40H39N3O3S. The number of nitrogens with zero attached hydrogens (tertiary/aromatic N) is 2. The number of para-hydroxylation sites is 2. The SMILES string of the molecule is CCN(c1ccccc1)c1ccc(C(c2ccc(N(CC)c3ccccc3)cc2)c2ccc(NCS(=O)(=O)O)c3ccccc23)cc1. The van der Waals surface area contributed by atoms with E-state index in [0.29, 0.717) is 5.69 Å². The molecule has 0 atom stereocenters. The van der Waals surface area contributed by atoms with E-state index >= 15 is 0 Å². The molecule has 0 aliphatic heterocycles. The van der Waals surface area contributed by atoms with Crippen LogP contribution in [-0.4, -0.2) is 31.9 Å². The molecule has 7 heteroatoms. The second-order valence-electron chi connectivity index (χ2n) is 11.4. The molecule has 47 heavy (non-hydrogen) atoms. The summed E-state index contributed by atoms with van der Waals surface area (Å²) in [6, 6.07) is 50.3. The summed E-state index contributed by atoms with van der Waals surface area (Å²) in [4.78, 5) is 4.59.